The van der Waals surface area contributed by atoms with Gasteiger partial charge in [0.25, 0.3) is 0 Å². The summed E-state index contributed by atoms with van der Waals surface area (Å²) in [4.78, 5) is 10.7. The molecule has 1 aromatic heterocycles. The second-order valence-electron chi connectivity index (χ2n) is 7.56. The third-order valence-corrected chi connectivity index (χ3v) is 5.86. The molecule has 0 saturated carbocycles. The van der Waals surface area contributed by atoms with Crippen LogP contribution in [-0.4, -0.2) is 24.8 Å². The Kier molecular flexibility index (Phi) is 6.95. The van der Waals surface area contributed by atoms with E-state index in [0.29, 0.717) is 18.1 Å². The molecule has 0 fully saturated rings. The van der Waals surface area contributed by atoms with E-state index in [1.54, 1.807) is 30.6 Å². The molecule has 0 unspecified atom stereocenters. The van der Waals surface area contributed by atoms with Crippen molar-refractivity contribution in [3.05, 3.63) is 88.6 Å². The molecule has 0 saturated heterocycles. The number of hydrogen-bond donors (Lipinski definition) is 1. The molecule has 0 atom stereocenters. The number of thiophene rings is 1. The highest BCUT2D eigenvalue weighted by atomic mass is 32.1. The molecule has 3 aromatic carbocycles. The van der Waals surface area contributed by atoms with E-state index >= 15 is 0 Å². The Morgan fingerprint density at radius 3 is 2.21 bits per heavy atom. The van der Waals surface area contributed by atoms with Gasteiger partial charge < -0.3 is 19.3 Å². The number of ether oxygens (including phenoxy) is 3. The van der Waals surface area contributed by atoms with Gasteiger partial charge in [-0.25, -0.2) is 4.79 Å². The van der Waals surface area contributed by atoms with E-state index in [0.717, 1.165) is 33.6 Å². The van der Waals surface area contributed by atoms with Crippen molar-refractivity contribution in [3.63, 3.8) is 0 Å². The summed E-state index contributed by atoms with van der Waals surface area (Å²) >= 11 is 1.67. The van der Waals surface area contributed by atoms with E-state index in [1.165, 1.54) is 5.56 Å². The fourth-order valence-electron chi connectivity index (χ4n) is 3.50. The summed E-state index contributed by atoms with van der Waals surface area (Å²) < 4.78 is 16.6. The van der Waals surface area contributed by atoms with Gasteiger partial charge in [0.1, 0.15) is 23.9 Å². The monoisotopic (exact) mass is 460 g/mol. The lowest BCUT2D eigenvalue weighted by Crippen LogP contribution is -2.10. The minimum absolute atomic E-state index is 0.370. The maximum absolute atomic E-state index is 10.7. The molecule has 1 N–H and O–H groups in total. The molecule has 0 aliphatic heterocycles. The third kappa shape index (κ3) is 5.73. The topological polar surface area (TPSA) is 65.0 Å². The Labute approximate surface area is 196 Å². The molecule has 4 rings (SSSR count). The summed E-state index contributed by atoms with van der Waals surface area (Å²) in [5.74, 6) is 1.04. The van der Waals surface area contributed by atoms with Gasteiger partial charge in [0.15, 0.2) is 6.61 Å². The summed E-state index contributed by atoms with van der Waals surface area (Å²) in [5, 5.41) is 13.0. The summed E-state index contributed by atoms with van der Waals surface area (Å²) in [6, 6.07) is 22.0. The van der Waals surface area contributed by atoms with E-state index in [4.69, 9.17) is 19.3 Å². The normalized spacial score (nSPS) is 10.6. The number of carboxylic acids is 1. The van der Waals surface area contributed by atoms with Crippen molar-refractivity contribution in [2.75, 3.05) is 13.7 Å². The van der Waals surface area contributed by atoms with E-state index in [2.05, 4.69) is 47.2 Å². The quantitative estimate of drug-likeness (QED) is 0.311. The molecule has 0 radical (unpaired) electrons. The van der Waals surface area contributed by atoms with Gasteiger partial charge in [0.2, 0.25) is 0 Å². The maximum Gasteiger partial charge on any atom is 0.341 e. The second-order valence-corrected chi connectivity index (χ2v) is 8.34. The molecule has 168 valence electrons. The van der Waals surface area contributed by atoms with Crippen molar-refractivity contribution in [3.8, 4) is 39.5 Å². The highest BCUT2D eigenvalue weighted by molar-refractivity contribution is 7.08. The van der Waals surface area contributed by atoms with Crippen LogP contribution in [0.3, 0.4) is 0 Å². The predicted octanol–water partition coefficient (Wildman–Crippen LogP) is 6.44. The van der Waals surface area contributed by atoms with E-state index in [-0.39, 0.29) is 6.61 Å². The number of rotatable bonds is 9. The Balaban J connectivity index is 1.57. The lowest BCUT2D eigenvalue weighted by molar-refractivity contribution is -0.139. The molecule has 0 aliphatic carbocycles. The fraction of sp³-hybridized carbons (Fsp3) is 0.148. The first-order chi connectivity index (χ1) is 16.0. The van der Waals surface area contributed by atoms with E-state index in [1.807, 2.05) is 25.1 Å². The average Bonchev–Trinajstić information content (AvgIpc) is 3.37. The molecule has 0 aliphatic rings. The lowest BCUT2D eigenvalue weighted by Gasteiger charge is -2.13. The second kappa shape index (κ2) is 10.2. The van der Waals surface area contributed by atoms with Crippen molar-refractivity contribution in [1.82, 2.24) is 0 Å². The predicted molar refractivity (Wildman–Crippen MR) is 130 cm³/mol. The molecule has 0 spiro atoms. The van der Waals surface area contributed by atoms with Gasteiger partial charge in [-0.05, 0) is 106 Å². The molecule has 0 bridgehead atoms. The summed E-state index contributed by atoms with van der Waals surface area (Å²) in [7, 11) is 1.66. The number of methoxy groups -OCH3 is 1. The van der Waals surface area contributed by atoms with Crippen LogP contribution in [0.15, 0.2) is 77.5 Å². The number of aryl methyl sites for hydroxylation is 1. The number of aliphatic carboxylic acids is 1. The van der Waals surface area contributed by atoms with Gasteiger partial charge in [0.05, 0.1) is 7.11 Å². The van der Waals surface area contributed by atoms with Gasteiger partial charge >= 0.3 is 5.97 Å². The van der Waals surface area contributed by atoms with Crippen LogP contribution in [0, 0.1) is 6.92 Å². The van der Waals surface area contributed by atoms with E-state index in [9.17, 15) is 4.79 Å². The average molecular weight is 461 g/mol. The van der Waals surface area contributed by atoms with Crippen LogP contribution in [0.4, 0.5) is 0 Å². The Bertz CT molecular complexity index is 1230. The van der Waals surface area contributed by atoms with Crippen LogP contribution in [-0.2, 0) is 11.4 Å². The minimum atomic E-state index is -1.01. The van der Waals surface area contributed by atoms with Gasteiger partial charge in [-0.2, -0.15) is 11.3 Å². The van der Waals surface area contributed by atoms with Crippen LogP contribution < -0.4 is 14.2 Å². The smallest absolute Gasteiger partial charge is 0.341 e. The fourth-order valence-corrected chi connectivity index (χ4v) is 4.17. The van der Waals surface area contributed by atoms with Crippen LogP contribution in [0.5, 0.6) is 17.2 Å². The third-order valence-electron chi connectivity index (χ3n) is 5.17. The van der Waals surface area contributed by atoms with Crippen LogP contribution in [0.25, 0.3) is 22.3 Å². The van der Waals surface area contributed by atoms with Crippen molar-refractivity contribution in [2.45, 2.75) is 13.5 Å². The Hall–Kier alpha value is -3.77. The molecule has 33 heavy (non-hydrogen) atoms. The number of carbonyl (C=O) groups is 1. The molecule has 4 aromatic rings. The van der Waals surface area contributed by atoms with Crippen LogP contribution in [0.1, 0.15) is 11.1 Å². The van der Waals surface area contributed by atoms with Crippen LogP contribution >= 0.6 is 11.3 Å². The number of benzene rings is 3. The minimum Gasteiger partial charge on any atom is -0.497 e. The first-order valence-corrected chi connectivity index (χ1v) is 11.3. The highest BCUT2D eigenvalue weighted by Gasteiger charge is 2.09. The number of carboxylic acid groups (broad SMARTS) is 1. The van der Waals surface area contributed by atoms with Gasteiger partial charge in [-0.1, -0.05) is 12.1 Å². The largest absolute Gasteiger partial charge is 0.497 e. The molecule has 6 heteroatoms. The SMILES string of the molecule is COc1ccc(-c2cc(COc3ccc(OCC(=O)O)c(C)c3)cc(-c3ccsc3)c2)cc1. The van der Waals surface area contributed by atoms with Crippen molar-refractivity contribution >= 4 is 17.3 Å². The zero-order chi connectivity index (χ0) is 23.2. The number of hydrogen-bond acceptors (Lipinski definition) is 5. The first-order valence-electron chi connectivity index (χ1n) is 10.4. The first kappa shape index (κ1) is 22.4. The molecule has 0 amide bonds. The van der Waals surface area contributed by atoms with Crippen LogP contribution in [0.2, 0.25) is 0 Å². The zero-order valence-corrected chi connectivity index (χ0v) is 19.2. The summed E-state index contributed by atoms with van der Waals surface area (Å²) in [5.41, 5.74) is 6.38. The van der Waals surface area contributed by atoms with E-state index < -0.39 is 5.97 Å². The Morgan fingerprint density at radius 1 is 0.848 bits per heavy atom. The van der Waals surface area contributed by atoms with Crippen molar-refractivity contribution in [1.29, 1.82) is 0 Å². The van der Waals surface area contributed by atoms with Gasteiger partial charge in [-0.15, -0.1) is 0 Å². The molecular formula is C27H24O5S. The molecule has 1 heterocycles. The van der Waals surface area contributed by atoms with Gasteiger partial charge in [0, 0.05) is 0 Å². The zero-order valence-electron chi connectivity index (χ0n) is 18.4. The highest BCUT2D eigenvalue weighted by Crippen LogP contribution is 2.31. The summed E-state index contributed by atoms with van der Waals surface area (Å²) in [6.07, 6.45) is 0. The summed E-state index contributed by atoms with van der Waals surface area (Å²) in [6.45, 7) is 1.89. The van der Waals surface area contributed by atoms with Crippen molar-refractivity contribution < 1.29 is 24.1 Å². The Morgan fingerprint density at radius 2 is 1.58 bits per heavy atom. The molecule has 5 nitrogen and oxygen atoms in total. The maximum atomic E-state index is 10.7. The van der Waals surface area contributed by atoms with Gasteiger partial charge in [-0.3, -0.25) is 0 Å². The standard InChI is InChI=1S/C27H24O5S/c1-18-11-25(7-8-26(18)32-16-27(28)29)31-15-19-12-22(20-3-5-24(30-2)6-4-20)14-23(13-19)21-9-10-33-17-21/h3-14,17H,15-16H2,1-2H3,(H,28,29). The van der Waals surface area contributed by atoms with Crippen molar-refractivity contribution in [2.24, 2.45) is 0 Å². The molecular weight excluding hydrogens is 436 g/mol. The lowest BCUT2D eigenvalue weighted by atomic mass is 9.97.